The van der Waals surface area contributed by atoms with Crippen LogP contribution in [0.3, 0.4) is 0 Å². The molecule has 2 aromatic heterocycles. The van der Waals surface area contributed by atoms with Crippen LogP contribution in [-0.4, -0.2) is 27.1 Å². The average Bonchev–Trinajstić information content (AvgIpc) is 2.83. The largest absolute Gasteiger partial charge is 0.476 e. The lowest BCUT2D eigenvalue weighted by Crippen LogP contribution is -2.05. The Hall–Kier alpha value is -2.15. The summed E-state index contributed by atoms with van der Waals surface area (Å²) in [4.78, 5) is 27.1. The van der Waals surface area contributed by atoms with Gasteiger partial charge < -0.3 is 14.6 Å². The van der Waals surface area contributed by atoms with Crippen LogP contribution in [0, 0.1) is 13.8 Å². The SMILES string of the molecule is Cc1cc(-c2nc(C(=O)O)c(C(=O)O)o2)sc1C. The van der Waals surface area contributed by atoms with E-state index < -0.39 is 23.4 Å². The van der Waals surface area contributed by atoms with Crippen molar-refractivity contribution in [1.29, 1.82) is 0 Å². The minimum Gasteiger partial charge on any atom is -0.476 e. The predicted molar refractivity (Wildman–Crippen MR) is 63.2 cm³/mol. The Morgan fingerprint density at radius 1 is 1.28 bits per heavy atom. The molecule has 2 aromatic rings. The second kappa shape index (κ2) is 4.26. The first-order chi connectivity index (χ1) is 8.40. The number of carbonyl (C=O) groups is 2. The summed E-state index contributed by atoms with van der Waals surface area (Å²) in [6, 6.07) is 1.78. The highest BCUT2D eigenvalue weighted by Crippen LogP contribution is 2.31. The molecule has 7 heteroatoms. The van der Waals surface area contributed by atoms with Gasteiger partial charge in [-0.15, -0.1) is 11.3 Å². The van der Waals surface area contributed by atoms with Crippen molar-refractivity contribution in [2.45, 2.75) is 13.8 Å². The second-order valence-electron chi connectivity index (χ2n) is 3.66. The van der Waals surface area contributed by atoms with Gasteiger partial charge >= 0.3 is 11.9 Å². The molecule has 0 aliphatic carbocycles. The second-order valence-corrected chi connectivity index (χ2v) is 4.91. The van der Waals surface area contributed by atoms with Crippen molar-refractivity contribution in [3.05, 3.63) is 28.0 Å². The lowest BCUT2D eigenvalue weighted by molar-refractivity contribution is 0.0624. The van der Waals surface area contributed by atoms with E-state index in [1.807, 2.05) is 13.8 Å². The zero-order chi connectivity index (χ0) is 13.4. The zero-order valence-corrected chi connectivity index (χ0v) is 10.4. The van der Waals surface area contributed by atoms with Gasteiger partial charge in [0.2, 0.25) is 17.3 Å². The Labute approximate surface area is 106 Å². The third kappa shape index (κ3) is 2.00. The summed E-state index contributed by atoms with van der Waals surface area (Å²) in [5.41, 5.74) is 0.433. The summed E-state index contributed by atoms with van der Waals surface area (Å²) < 4.78 is 5.01. The van der Waals surface area contributed by atoms with Gasteiger partial charge in [-0.3, -0.25) is 0 Å². The average molecular weight is 267 g/mol. The number of nitrogens with zero attached hydrogens (tertiary/aromatic N) is 1. The molecule has 0 unspecified atom stereocenters. The molecule has 0 aromatic carbocycles. The van der Waals surface area contributed by atoms with Gasteiger partial charge in [-0.1, -0.05) is 0 Å². The molecule has 2 rings (SSSR count). The zero-order valence-electron chi connectivity index (χ0n) is 9.55. The number of rotatable bonds is 3. The van der Waals surface area contributed by atoms with Gasteiger partial charge in [0.15, 0.2) is 0 Å². The molecule has 0 spiro atoms. The highest BCUT2D eigenvalue weighted by Gasteiger charge is 2.26. The summed E-state index contributed by atoms with van der Waals surface area (Å²) in [7, 11) is 0. The Kier molecular flexibility index (Phi) is 2.92. The van der Waals surface area contributed by atoms with Crippen LogP contribution in [0.5, 0.6) is 0 Å². The quantitative estimate of drug-likeness (QED) is 0.885. The Morgan fingerprint density at radius 2 is 1.94 bits per heavy atom. The van der Waals surface area contributed by atoms with Gasteiger partial charge in [0, 0.05) is 4.88 Å². The Bertz CT molecular complexity index is 589. The van der Waals surface area contributed by atoms with Gasteiger partial charge in [-0.2, -0.15) is 0 Å². The van der Waals surface area contributed by atoms with Crippen molar-refractivity contribution in [3.63, 3.8) is 0 Å². The summed E-state index contributed by atoms with van der Waals surface area (Å²) >= 11 is 1.37. The number of aromatic carboxylic acids is 2. The number of hydrogen-bond donors (Lipinski definition) is 2. The van der Waals surface area contributed by atoms with Gasteiger partial charge in [0.1, 0.15) is 0 Å². The molecule has 0 atom stereocenters. The Morgan fingerprint density at radius 3 is 2.33 bits per heavy atom. The molecule has 0 saturated carbocycles. The Balaban J connectivity index is 2.56. The van der Waals surface area contributed by atoms with Gasteiger partial charge in [0.05, 0.1) is 4.88 Å². The van der Waals surface area contributed by atoms with Gasteiger partial charge in [-0.25, -0.2) is 14.6 Å². The third-order valence-electron chi connectivity index (χ3n) is 2.40. The van der Waals surface area contributed by atoms with Gasteiger partial charge in [0.25, 0.3) is 0 Å². The number of carboxylic acid groups (broad SMARTS) is 2. The molecule has 0 bridgehead atoms. The molecular weight excluding hydrogens is 258 g/mol. The minimum atomic E-state index is -1.45. The molecule has 94 valence electrons. The van der Waals surface area contributed by atoms with E-state index >= 15 is 0 Å². The molecule has 2 heterocycles. The van der Waals surface area contributed by atoms with Crippen LogP contribution in [0.15, 0.2) is 10.5 Å². The highest BCUT2D eigenvalue weighted by molar-refractivity contribution is 7.15. The number of oxazole rings is 1. The van der Waals surface area contributed by atoms with E-state index in [4.69, 9.17) is 14.6 Å². The first-order valence-corrected chi connectivity index (χ1v) is 5.76. The van der Waals surface area contributed by atoms with E-state index in [0.717, 1.165) is 10.4 Å². The van der Waals surface area contributed by atoms with E-state index in [1.54, 1.807) is 6.07 Å². The normalized spacial score (nSPS) is 10.6. The highest BCUT2D eigenvalue weighted by atomic mass is 32.1. The third-order valence-corrected chi connectivity index (χ3v) is 3.54. The summed E-state index contributed by atoms with van der Waals surface area (Å²) in [6.07, 6.45) is 0. The smallest absolute Gasteiger partial charge is 0.374 e. The van der Waals surface area contributed by atoms with E-state index in [0.29, 0.717) is 4.88 Å². The fourth-order valence-corrected chi connectivity index (χ4v) is 2.35. The van der Waals surface area contributed by atoms with E-state index in [-0.39, 0.29) is 5.89 Å². The first-order valence-electron chi connectivity index (χ1n) is 4.95. The minimum absolute atomic E-state index is 0.0194. The number of hydrogen-bond acceptors (Lipinski definition) is 5. The maximum Gasteiger partial charge on any atom is 0.374 e. The summed E-state index contributed by atoms with van der Waals surface area (Å²) in [5, 5.41) is 17.7. The topological polar surface area (TPSA) is 101 Å². The van der Waals surface area contributed by atoms with Crippen molar-refractivity contribution in [3.8, 4) is 10.8 Å². The standard InChI is InChI=1S/C11H9NO5S/c1-4-3-6(18-5(4)2)9-12-7(10(13)14)8(17-9)11(15)16/h3H,1-2H3,(H,13,14)(H,15,16). The van der Waals surface area contributed by atoms with Crippen LogP contribution in [0.4, 0.5) is 0 Å². The van der Waals surface area contributed by atoms with Crippen molar-refractivity contribution in [2.24, 2.45) is 0 Å². The maximum absolute atomic E-state index is 10.9. The molecule has 0 fully saturated rings. The molecule has 0 amide bonds. The maximum atomic E-state index is 10.9. The molecule has 0 aliphatic rings. The first kappa shape index (κ1) is 12.3. The van der Waals surface area contributed by atoms with E-state index in [1.165, 1.54) is 11.3 Å². The number of aryl methyl sites for hydroxylation is 2. The predicted octanol–water partition coefficient (Wildman–Crippen LogP) is 2.42. The fraction of sp³-hybridized carbons (Fsp3) is 0.182. The fourth-order valence-electron chi connectivity index (χ4n) is 1.39. The van der Waals surface area contributed by atoms with Crippen LogP contribution >= 0.6 is 11.3 Å². The monoisotopic (exact) mass is 267 g/mol. The van der Waals surface area contributed by atoms with Crippen LogP contribution < -0.4 is 0 Å². The van der Waals surface area contributed by atoms with Crippen LogP contribution in [0.1, 0.15) is 31.5 Å². The molecule has 0 aliphatic heterocycles. The number of aromatic nitrogens is 1. The van der Waals surface area contributed by atoms with Crippen LogP contribution in [-0.2, 0) is 0 Å². The molecule has 18 heavy (non-hydrogen) atoms. The molecular formula is C11H9NO5S. The summed E-state index contributed by atoms with van der Waals surface area (Å²) in [5.74, 6) is -3.50. The van der Waals surface area contributed by atoms with Crippen LogP contribution in [0.2, 0.25) is 0 Å². The van der Waals surface area contributed by atoms with Crippen LogP contribution in [0.25, 0.3) is 10.8 Å². The van der Waals surface area contributed by atoms with Crippen molar-refractivity contribution >= 4 is 23.3 Å². The lowest BCUT2D eigenvalue weighted by atomic mass is 10.3. The van der Waals surface area contributed by atoms with Crippen molar-refractivity contribution in [1.82, 2.24) is 4.98 Å². The summed E-state index contributed by atoms with van der Waals surface area (Å²) in [6.45, 7) is 3.80. The molecule has 6 nitrogen and oxygen atoms in total. The molecule has 0 radical (unpaired) electrons. The molecule has 2 N–H and O–H groups in total. The van der Waals surface area contributed by atoms with Crippen molar-refractivity contribution in [2.75, 3.05) is 0 Å². The lowest BCUT2D eigenvalue weighted by Gasteiger charge is -1.87. The van der Waals surface area contributed by atoms with Gasteiger partial charge in [-0.05, 0) is 25.5 Å². The molecule has 0 saturated heterocycles. The number of thiophene rings is 1. The number of carboxylic acids is 2. The van der Waals surface area contributed by atoms with E-state index in [2.05, 4.69) is 4.98 Å². The van der Waals surface area contributed by atoms with E-state index in [9.17, 15) is 9.59 Å². The van der Waals surface area contributed by atoms with Crippen molar-refractivity contribution < 1.29 is 24.2 Å².